The topological polar surface area (TPSA) is 52.6 Å². The molecule has 4 nitrogen and oxygen atoms in total. The lowest BCUT2D eigenvalue weighted by atomic mass is 9.83. The lowest BCUT2D eigenvalue weighted by Gasteiger charge is -2.39. The number of rotatable bonds is 3. The average molecular weight is 242 g/mol. The van der Waals surface area contributed by atoms with Gasteiger partial charge in [0.15, 0.2) is 0 Å². The minimum Gasteiger partial charge on any atom is -0.396 e. The van der Waals surface area contributed by atoms with E-state index in [0.29, 0.717) is 6.54 Å². The molecule has 1 atom stereocenters. The van der Waals surface area contributed by atoms with Crippen LogP contribution in [0.15, 0.2) is 0 Å². The van der Waals surface area contributed by atoms with Gasteiger partial charge in [-0.2, -0.15) is 0 Å². The fourth-order valence-electron chi connectivity index (χ4n) is 2.35. The number of aliphatic hydroxyl groups excluding tert-OH is 1. The standard InChI is InChI=1S/C13H26N2O2/c1-12(2,3)14-11(17)8-15-7-5-6-13(4,9-15)10-16/h16H,5-10H2,1-4H3,(H,14,17). The number of likely N-dealkylation sites (tertiary alicyclic amines) is 1. The molecule has 0 bridgehead atoms. The maximum Gasteiger partial charge on any atom is 0.234 e. The summed E-state index contributed by atoms with van der Waals surface area (Å²) in [6.45, 7) is 10.4. The number of nitrogens with one attached hydrogen (secondary N) is 1. The van der Waals surface area contributed by atoms with Gasteiger partial charge in [0.1, 0.15) is 0 Å². The van der Waals surface area contributed by atoms with E-state index in [1.54, 1.807) is 0 Å². The summed E-state index contributed by atoms with van der Waals surface area (Å²) in [5.41, 5.74) is -0.215. The number of carbonyl (C=O) groups is 1. The molecule has 1 amide bonds. The smallest absolute Gasteiger partial charge is 0.234 e. The summed E-state index contributed by atoms with van der Waals surface area (Å²) in [6.07, 6.45) is 2.10. The normalized spacial score (nSPS) is 26.9. The molecule has 0 saturated carbocycles. The van der Waals surface area contributed by atoms with E-state index in [2.05, 4.69) is 17.1 Å². The van der Waals surface area contributed by atoms with Crippen molar-refractivity contribution < 1.29 is 9.90 Å². The molecule has 1 unspecified atom stereocenters. The maximum absolute atomic E-state index is 11.8. The monoisotopic (exact) mass is 242 g/mol. The first-order valence-electron chi connectivity index (χ1n) is 6.38. The number of piperidine rings is 1. The van der Waals surface area contributed by atoms with Crippen LogP contribution in [0.5, 0.6) is 0 Å². The zero-order valence-electron chi connectivity index (χ0n) is 11.5. The van der Waals surface area contributed by atoms with Crippen LogP contribution in [-0.2, 0) is 4.79 Å². The summed E-state index contributed by atoms with van der Waals surface area (Å²) in [7, 11) is 0. The zero-order chi connectivity index (χ0) is 13.1. The molecule has 1 saturated heterocycles. The van der Waals surface area contributed by atoms with Gasteiger partial charge in [-0.15, -0.1) is 0 Å². The highest BCUT2D eigenvalue weighted by Crippen LogP contribution is 2.28. The van der Waals surface area contributed by atoms with E-state index < -0.39 is 0 Å². The van der Waals surface area contributed by atoms with Crippen LogP contribution in [-0.4, -0.2) is 47.7 Å². The van der Waals surface area contributed by atoms with Gasteiger partial charge in [-0.1, -0.05) is 6.92 Å². The highest BCUT2D eigenvalue weighted by atomic mass is 16.3. The molecule has 0 aromatic heterocycles. The lowest BCUT2D eigenvalue weighted by molar-refractivity contribution is -0.124. The molecule has 0 spiro atoms. The van der Waals surface area contributed by atoms with Crippen molar-refractivity contribution >= 4 is 5.91 Å². The van der Waals surface area contributed by atoms with Crippen LogP contribution in [0.2, 0.25) is 0 Å². The molecule has 1 fully saturated rings. The quantitative estimate of drug-likeness (QED) is 0.776. The number of amides is 1. The van der Waals surface area contributed by atoms with Crippen molar-refractivity contribution in [3.63, 3.8) is 0 Å². The van der Waals surface area contributed by atoms with Crippen LogP contribution in [0, 0.1) is 5.41 Å². The highest BCUT2D eigenvalue weighted by Gasteiger charge is 2.31. The molecule has 100 valence electrons. The van der Waals surface area contributed by atoms with Crippen molar-refractivity contribution in [3.8, 4) is 0 Å². The fraction of sp³-hybridized carbons (Fsp3) is 0.923. The molecule has 0 radical (unpaired) electrons. The van der Waals surface area contributed by atoms with Gasteiger partial charge in [0, 0.05) is 24.1 Å². The highest BCUT2D eigenvalue weighted by molar-refractivity contribution is 5.78. The number of nitrogens with zero attached hydrogens (tertiary/aromatic N) is 1. The van der Waals surface area contributed by atoms with Gasteiger partial charge in [-0.25, -0.2) is 0 Å². The van der Waals surface area contributed by atoms with Gasteiger partial charge < -0.3 is 10.4 Å². The van der Waals surface area contributed by atoms with Gasteiger partial charge in [0.05, 0.1) is 6.54 Å². The number of hydrogen-bond acceptors (Lipinski definition) is 3. The van der Waals surface area contributed by atoms with Crippen LogP contribution in [0.3, 0.4) is 0 Å². The largest absolute Gasteiger partial charge is 0.396 e. The third-order valence-corrected chi connectivity index (χ3v) is 3.12. The first kappa shape index (κ1) is 14.5. The molecule has 0 aliphatic carbocycles. The molecule has 1 aliphatic rings. The van der Waals surface area contributed by atoms with Gasteiger partial charge in [-0.05, 0) is 40.2 Å². The lowest BCUT2D eigenvalue weighted by Crippen LogP contribution is -2.50. The van der Waals surface area contributed by atoms with E-state index in [9.17, 15) is 9.90 Å². The number of hydrogen-bond donors (Lipinski definition) is 2. The molecular formula is C13H26N2O2. The Morgan fingerprint density at radius 3 is 2.65 bits per heavy atom. The summed E-state index contributed by atoms with van der Waals surface area (Å²) in [4.78, 5) is 14.0. The van der Waals surface area contributed by atoms with Crippen LogP contribution in [0.4, 0.5) is 0 Å². The van der Waals surface area contributed by atoms with E-state index in [-0.39, 0.29) is 23.5 Å². The van der Waals surface area contributed by atoms with Crippen LogP contribution in [0.1, 0.15) is 40.5 Å². The molecule has 0 aromatic carbocycles. The minimum absolute atomic E-state index is 0.0414. The Morgan fingerprint density at radius 2 is 2.12 bits per heavy atom. The van der Waals surface area contributed by atoms with E-state index in [0.717, 1.165) is 25.9 Å². The maximum atomic E-state index is 11.8. The third kappa shape index (κ3) is 5.04. The summed E-state index contributed by atoms with van der Waals surface area (Å²) in [5, 5.41) is 12.3. The first-order chi connectivity index (χ1) is 7.74. The van der Waals surface area contributed by atoms with Crippen LogP contribution < -0.4 is 5.32 Å². The Kier molecular flexibility index (Phi) is 4.55. The molecule has 1 rings (SSSR count). The third-order valence-electron chi connectivity index (χ3n) is 3.12. The SMILES string of the molecule is CC1(CO)CCCN(CC(=O)NC(C)(C)C)C1. The summed E-state index contributed by atoms with van der Waals surface area (Å²) >= 11 is 0. The van der Waals surface area contributed by atoms with Crippen molar-refractivity contribution in [3.05, 3.63) is 0 Å². The number of aliphatic hydroxyl groups is 1. The Hall–Kier alpha value is -0.610. The van der Waals surface area contributed by atoms with Gasteiger partial charge in [0.2, 0.25) is 5.91 Å². The van der Waals surface area contributed by atoms with E-state index in [1.807, 2.05) is 20.8 Å². The summed E-state index contributed by atoms with van der Waals surface area (Å²) < 4.78 is 0. The fourth-order valence-corrected chi connectivity index (χ4v) is 2.35. The van der Waals surface area contributed by atoms with Crippen molar-refractivity contribution in [2.75, 3.05) is 26.2 Å². The van der Waals surface area contributed by atoms with Gasteiger partial charge in [0.25, 0.3) is 0 Å². The Morgan fingerprint density at radius 1 is 1.47 bits per heavy atom. The predicted octanol–water partition coefficient (Wildman–Crippen LogP) is 0.995. The van der Waals surface area contributed by atoms with E-state index in [4.69, 9.17) is 0 Å². The summed E-state index contributed by atoms with van der Waals surface area (Å²) in [6, 6.07) is 0. The second kappa shape index (κ2) is 5.36. The molecule has 1 aliphatic heterocycles. The van der Waals surface area contributed by atoms with Gasteiger partial charge in [-0.3, -0.25) is 9.69 Å². The molecule has 0 aromatic rings. The number of carbonyl (C=O) groups excluding carboxylic acids is 1. The average Bonchev–Trinajstić information content (AvgIpc) is 2.14. The zero-order valence-corrected chi connectivity index (χ0v) is 11.5. The second-order valence-electron chi connectivity index (χ2n) is 6.58. The molecule has 2 N–H and O–H groups in total. The van der Waals surface area contributed by atoms with Crippen molar-refractivity contribution in [1.82, 2.24) is 10.2 Å². The van der Waals surface area contributed by atoms with E-state index in [1.165, 1.54) is 0 Å². The van der Waals surface area contributed by atoms with Crippen molar-refractivity contribution in [1.29, 1.82) is 0 Å². The van der Waals surface area contributed by atoms with E-state index >= 15 is 0 Å². The molecular weight excluding hydrogens is 216 g/mol. The Labute approximate surface area is 104 Å². The summed E-state index contributed by atoms with van der Waals surface area (Å²) in [5.74, 6) is 0.0692. The van der Waals surface area contributed by atoms with Crippen molar-refractivity contribution in [2.24, 2.45) is 5.41 Å². The van der Waals surface area contributed by atoms with Crippen LogP contribution >= 0.6 is 0 Å². The van der Waals surface area contributed by atoms with Crippen molar-refractivity contribution in [2.45, 2.75) is 46.1 Å². The first-order valence-corrected chi connectivity index (χ1v) is 6.38. The minimum atomic E-state index is -0.173. The van der Waals surface area contributed by atoms with Gasteiger partial charge >= 0.3 is 0 Å². The molecule has 17 heavy (non-hydrogen) atoms. The Balaban J connectivity index is 2.44. The second-order valence-corrected chi connectivity index (χ2v) is 6.58. The Bertz CT molecular complexity index is 273. The predicted molar refractivity (Wildman–Crippen MR) is 68.8 cm³/mol. The molecule has 1 heterocycles. The van der Waals surface area contributed by atoms with Crippen LogP contribution in [0.25, 0.3) is 0 Å². The molecule has 4 heteroatoms.